The van der Waals surface area contributed by atoms with Crippen molar-refractivity contribution in [2.45, 2.75) is 44.9 Å². The van der Waals surface area contributed by atoms with Crippen LogP contribution in [0, 0.1) is 23.7 Å². The highest BCUT2D eigenvalue weighted by atomic mass is 16.2. The molecule has 0 aromatic carbocycles. The van der Waals surface area contributed by atoms with Crippen LogP contribution in [0.2, 0.25) is 0 Å². The summed E-state index contributed by atoms with van der Waals surface area (Å²) in [6.45, 7) is 0. The smallest absolute Gasteiger partial charge is 0.241 e. The molecule has 3 rings (SSSR count). The first-order valence-electron chi connectivity index (χ1n) is 6.81. The molecule has 4 heteroatoms. The zero-order chi connectivity index (χ0) is 11.8. The number of hydrogen-bond acceptors (Lipinski definition) is 2. The van der Waals surface area contributed by atoms with Crippen LogP contribution in [0.3, 0.4) is 0 Å². The average Bonchev–Trinajstić information content (AvgIpc) is 2.97. The van der Waals surface area contributed by atoms with E-state index in [1.165, 1.54) is 25.7 Å². The van der Waals surface area contributed by atoms with E-state index in [2.05, 4.69) is 10.9 Å². The van der Waals surface area contributed by atoms with Gasteiger partial charge in [-0.2, -0.15) is 0 Å². The Morgan fingerprint density at radius 2 is 1.82 bits per heavy atom. The van der Waals surface area contributed by atoms with Crippen LogP contribution in [0.15, 0.2) is 0 Å². The van der Waals surface area contributed by atoms with Crippen LogP contribution in [-0.2, 0) is 9.59 Å². The standard InChI is InChI=1S/C13H20N2O2/c16-12(14-15-13(17)9-3-4-9)7-11-6-8-1-2-10(11)5-8/h8-11H,1-7H2,(H,14,16)(H,15,17)/t8-,10-,11+/m0/s1. The maximum Gasteiger partial charge on any atom is 0.241 e. The molecule has 0 saturated heterocycles. The minimum Gasteiger partial charge on any atom is -0.273 e. The lowest BCUT2D eigenvalue weighted by Crippen LogP contribution is -2.43. The van der Waals surface area contributed by atoms with E-state index in [-0.39, 0.29) is 17.7 Å². The molecule has 3 aliphatic rings. The summed E-state index contributed by atoms with van der Waals surface area (Å²) in [6, 6.07) is 0. The van der Waals surface area contributed by atoms with Gasteiger partial charge in [0, 0.05) is 12.3 Å². The SMILES string of the molecule is O=C(C[C@H]1C[C@H]2CC[C@H]1C2)NNC(=O)C1CC1. The Kier molecular flexibility index (Phi) is 2.81. The van der Waals surface area contributed by atoms with Crippen molar-refractivity contribution in [3.05, 3.63) is 0 Å². The monoisotopic (exact) mass is 236 g/mol. The van der Waals surface area contributed by atoms with E-state index in [0.29, 0.717) is 12.3 Å². The molecule has 4 nitrogen and oxygen atoms in total. The van der Waals surface area contributed by atoms with Gasteiger partial charge in [0.15, 0.2) is 0 Å². The third-order valence-corrected chi connectivity index (χ3v) is 4.61. The summed E-state index contributed by atoms with van der Waals surface area (Å²) in [4.78, 5) is 23.0. The number of amides is 2. The summed E-state index contributed by atoms with van der Waals surface area (Å²) in [7, 11) is 0. The second-order valence-electron chi connectivity index (χ2n) is 5.95. The molecule has 0 radical (unpaired) electrons. The van der Waals surface area contributed by atoms with E-state index < -0.39 is 0 Å². The van der Waals surface area contributed by atoms with Gasteiger partial charge in [-0.15, -0.1) is 0 Å². The molecule has 0 aliphatic heterocycles. The molecule has 3 fully saturated rings. The molecular formula is C13H20N2O2. The molecular weight excluding hydrogens is 216 g/mol. The topological polar surface area (TPSA) is 58.2 Å². The maximum atomic E-state index is 11.7. The first-order valence-corrected chi connectivity index (χ1v) is 6.81. The first-order chi connectivity index (χ1) is 8.22. The Labute approximate surface area is 101 Å². The van der Waals surface area contributed by atoms with Gasteiger partial charge in [0.1, 0.15) is 0 Å². The van der Waals surface area contributed by atoms with Gasteiger partial charge in [-0.25, -0.2) is 0 Å². The van der Waals surface area contributed by atoms with Crippen molar-refractivity contribution in [2.24, 2.45) is 23.7 Å². The van der Waals surface area contributed by atoms with Gasteiger partial charge < -0.3 is 0 Å². The number of fused-ring (bicyclic) bond motifs is 2. The number of hydrogen-bond donors (Lipinski definition) is 2. The summed E-state index contributed by atoms with van der Waals surface area (Å²) in [5, 5.41) is 0. The molecule has 2 bridgehead atoms. The molecule has 0 unspecified atom stereocenters. The fourth-order valence-corrected chi connectivity index (χ4v) is 3.49. The molecule has 94 valence electrons. The van der Waals surface area contributed by atoms with Crippen LogP contribution in [-0.4, -0.2) is 11.8 Å². The maximum absolute atomic E-state index is 11.7. The summed E-state index contributed by atoms with van der Waals surface area (Å²) in [5.41, 5.74) is 5.08. The Hall–Kier alpha value is -1.06. The Morgan fingerprint density at radius 1 is 1.00 bits per heavy atom. The van der Waals surface area contributed by atoms with Crippen LogP contribution in [0.25, 0.3) is 0 Å². The molecule has 3 aliphatic carbocycles. The number of carbonyl (C=O) groups excluding carboxylic acids is 2. The number of hydrazine groups is 1. The van der Waals surface area contributed by atoms with Crippen LogP contribution in [0.1, 0.15) is 44.9 Å². The van der Waals surface area contributed by atoms with Gasteiger partial charge >= 0.3 is 0 Å². The van der Waals surface area contributed by atoms with Crippen LogP contribution in [0.4, 0.5) is 0 Å². The van der Waals surface area contributed by atoms with Crippen LogP contribution < -0.4 is 10.9 Å². The lowest BCUT2D eigenvalue weighted by Gasteiger charge is -2.20. The Morgan fingerprint density at radius 3 is 2.41 bits per heavy atom. The van der Waals surface area contributed by atoms with Gasteiger partial charge in [0.2, 0.25) is 11.8 Å². The minimum absolute atomic E-state index is 0.0171. The third-order valence-electron chi connectivity index (χ3n) is 4.61. The van der Waals surface area contributed by atoms with Gasteiger partial charge in [0.05, 0.1) is 0 Å². The average molecular weight is 236 g/mol. The Bertz CT molecular complexity index is 338. The van der Waals surface area contributed by atoms with Crippen molar-refractivity contribution in [1.29, 1.82) is 0 Å². The molecule has 17 heavy (non-hydrogen) atoms. The highest BCUT2D eigenvalue weighted by Gasteiger charge is 2.40. The summed E-state index contributed by atoms with van der Waals surface area (Å²) in [6.07, 6.45) is 7.73. The quantitative estimate of drug-likeness (QED) is 0.727. The van der Waals surface area contributed by atoms with Crippen molar-refractivity contribution in [3.63, 3.8) is 0 Å². The molecule has 0 aromatic heterocycles. The number of rotatable bonds is 3. The van der Waals surface area contributed by atoms with Crippen molar-refractivity contribution in [3.8, 4) is 0 Å². The van der Waals surface area contributed by atoms with Crippen molar-refractivity contribution in [1.82, 2.24) is 10.9 Å². The second-order valence-corrected chi connectivity index (χ2v) is 5.95. The molecule has 3 saturated carbocycles. The molecule has 0 spiro atoms. The van der Waals surface area contributed by atoms with E-state index in [9.17, 15) is 9.59 Å². The van der Waals surface area contributed by atoms with Crippen molar-refractivity contribution >= 4 is 11.8 Å². The predicted molar refractivity (Wildman–Crippen MR) is 62.6 cm³/mol. The van der Waals surface area contributed by atoms with Crippen LogP contribution >= 0.6 is 0 Å². The first kappa shape index (κ1) is 11.1. The molecule has 3 atom stereocenters. The van der Waals surface area contributed by atoms with Gasteiger partial charge in [-0.05, 0) is 49.9 Å². The third kappa shape index (κ3) is 2.45. The predicted octanol–water partition coefficient (Wildman–Crippen LogP) is 1.37. The van der Waals surface area contributed by atoms with E-state index in [1.807, 2.05) is 0 Å². The highest BCUT2D eigenvalue weighted by molar-refractivity contribution is 5.84. The highest BCUT2D eigenvalue weighted by Crippen LogP contribution is 2.49. The van der Waals surface area contributed by atoms with Crippen molar-refractivity contribution in [2.75, 3.05) is 0 Å². The molecule has 2 N–H and O–H groups in total. The molecule has 0 aromatic rings. The van der Waals surface area contributed by atoms with Crippen molar-refractivity contribution < 1.29 is 9.59 Å². The fraction of sp³-hybridized carbons (Fsp3) is 0.846. The zero-order valence-electron chi connectivity index (χ0n) is 10.1. The van der Waals surface area contributed by atoms with E-state index in [1.54, 1.807) is 0 Å². The summed E-state index contributed by atoms with van der Waals surface area (Å²) >= 11 is 0. The second kappa shape index (κ2) is 4.31. The molecule has 2 amide bonds. The normalized spacial score (nSPS) is 34.7. The van der Waals surface area contributed by atoms with Gasteiger partial charge in [-0.3, -0.25) is 20.4 Å². The van der Waals surface area contributed by atoms with Gasteiger partial charge in [-0.1, -0.05) is 6.42 Å². The summed E-state index contributed by atoms with van der Waals surface area (Å²) < 4.78 is 0. The van der Waals surface area contributed by atoms with Crippen LogP contribution in [0.5, 0.6) is 0 Å². The van der Waals surface area contributed by atoms with E-state index in [0.717, 1.165) is 24.7 Å². The number of carbonyl (C=O) groups is 2. The lowest BCUT2D eigenvalue weighted by molar-refractivity contribution is -0.130. The minimum atomic E-state index is -0.0220. The largest absolute Gasteiger partial charge is 0.273 e. The fourth-order valence-electron chi connectivity index (χ4n) is 3.49. The molecule has 0 heterocycles. The van der Waals surface area contributed by atoms with E-state index >= 15 is 0 Å². The van der Waals surface area contributed by atoms with E-state index in [4.69, 9.17) is 0 Å². The number of nitrogens with one attached hydrogen (secondary N) is 2. The zero-order valence-corrected chi connectivity index (χ0v) is 10.1. The Balaban J connectivity index is 1.39. The lowest BCUT2D eigenvalue weighted by atomic mass is 9.86. The summed E-state index contributed by atoms with van der Waals surface area (Å²) in [5.74, 6) is 2.32. The van der Waals surface area contributed by atoms with Gasteiger partial charge in [0.25, 0.3) is 0 Å².